The van der Waals surface area contributed by atoms with E-state index >= 15 is 0 Å². The maximum absolute atomic E-state index is 10.6. The van der Waals surface area contributed by atoms with E-state index in [1.165, 1.54) is 36.4 Å². The first kappa shape index (κ1) is 16.7. The van der Waals surface area contributed by atoms with Gasteiger partial charge in [0.1, 0.15) is 0 Å². The molecule has 1 aliphatic carbocycles. The van der Waals surface area contributed by atoms with Crippen LogP contribution in [0.4, 0.5) is 0 Å². The Hall–Kier alpha value is -0.643. The minimum Gasteiger partial charge on any atom is -0.389 e. The van der Waals surface area contributed by atoms with Gasteiger partial charge in [-0.1, -0.05) is 74.8 Å². The average Bonchev–Trinajstić information content (AvgIpc) is 2.63. The van der Waals surface area contributed by atoms with E-state index in [0.717, 1.165) is 25.9 Å². The van der Waals surface area contributed by atoms with Crippen LogP contribution >= 0.6 is 0 Å². The van der Waals surface area contributed by atoms with Gasteiger partial charge in [-0.3, -0.25) is 0 Å². The standard InChI is InChI=1S/C18H31NOSi/c1-21(2,3)17-10-8-16(9-11-17)14-19-15-18(20)12-6-4-5-7-13-18/h8-11,19-20H,4-7,12-15H2,1-3H3. The quantitative estimate of drug-likeness (QED) is 0.645. The van der Waals surface area contributed by atoms with E-state index < -0.39 is 13.7 Å². The molecule has 0 bridgehead atoms. The predicted molar refractivity (Wildman–Crippen MR) is 93.8 cm³/mol. The lowest BCUT2D eigenvalue weighted by atomic mass is 9.94. The zero-order valence-electron chi connectivity index (χ0n) is 13.9. The van der Waals surface area contributed by atoms with Crippen LogP contribution in [-0.2, 0) is 6.54 Å². The van der Waals surface area contributed by atoms with Gasteiger partial charge in [-0.2, -0.15) is 0 Å². The Labute approximate surface area is 131 Å². The van der Waals surface area contributed by atoms with Crippen LogP contribution in [0.1, 0.15) is 44.1 Å². The summed E-state index contributed by atoms with van der Waals surface area (Å²) in [6.07, 6.45) is 6.80. The Balaban J connectivity index is 1.83. The van der Waals surface area contributed by atoms with Crippen molar-refractivity contribution in [3.8, 4) is 0 Å². The van der Waals surface area contributed by atoms with Crippen LogP contribution in [0.25, 0.3) is 0 Å². The summed E-state index contributed by atoms with van der Waals surface area (Å²) >= 11 is 0. The second-order valence-electron chi connectivity index (χ2n) is 7.69. The molecule has 21 heavy (non-hydrogen) atoms. The molecule has 0 heterocycles. The topological polar surface area (TPSA) is 32.3 Å². The summed E-state index contributed by atoms with van der Waals surface area (Å²) in [7, 11) is -1.19. The van der Waals surface area contributed by atoms with Gasteiger partial charge in [-0.15, -0.1) is 0 Å². The lowest BCUT2D eigenvalue weighted by Crippen LogP contribution is -2.40. The van der Waals surface area contributed by atoms with Crippen LogP contribution in [0.5, 0.6) is 0 Å². The summed E-state index contributed by atoms with van der Waals surface area (Å²) in [6.45, 7) is 8.71. The molecular weight excluding hydrogens is 274 g/mol. The molecule has 0 unspecified atom stereocenters. The van der Waals surface area contributed by atoms with Crippen molar-refractivity contribution in [2.45, 2.75) is 70.3 Å². The molecule has 1 fully saturated rings. The second kappa shape index (κ2) is 7.08. The molecule has 0 atom stereocenters. The molecule has 0 saturated heterocycles. The molecular formula is C18H31NOSi. The summed E-state index contributed by atoms with van der Waals surface area (Å²) in [5.41, 5.74) is 0.837. The van der Waals surface area contributed by atoms with Crippen molar-refractivity contribution >= 4 is 13.3 Å². The first-order valence-corrected chi connectivity index (χ1v) is 11.9. The van der Waals surface area contributed by atoms with Gasteiger partial charge in [0, 0.05) is 13.1 Å². The first-order valence-electron chi connectivity index (χ1n) is 8.42. The molecule has 1 aliphatic rings. The number of nitrogens with one attached hydrogen (secondary N) is 1. The number of hydrogen-bond acceptors (Lipinski definition) is 2. The number of aliphatic hydroxyl groups is 1. The summed E-state index contributed by atoms with van der Waals surface area (Å²) in [5, 5.41) is 15.6. The van der Waals surface area contributed by atoms with Crippen LogP contribution in [0.3, 0.4) is 0 Å². The number of benzene rings is 1. The van der Waals surface area contributed by atoms with E-state index in [1.54, 1.807) is 0 Å². The normalized spacial score (nSPS) is 19.2. The SMILES string of the molecule is C[Si](C)(C)c1ccc(CNCC2(O)CCCCCC2)cc1. The number of hydrogen-bond donors (Lipinski definition) is 2. The molecule has 2 N–H and O–H groups in total. The van der Waals surface area contributed by atoms with Crippen molar-refractivity contribution in [2.75, 3.05) is 6.54 Å². The second-order valence-corrected chi connectivity index (χ2v) is 12.8. The summed E-state index contributed by atoms with van der Waals surface area (Å²) in [4.78, 5) is 0. The van der Waals surface area contributed by atoms with Gasteiger partial charge in [0.25, 0.3) is 0 Å². The lowest BCUT2D eigenvalue weighted by Gasteiger charge is -2.27. The maximum atomic E-state index is 10.6. The lowest BCUT2D eigenvalue weighted by molar-refractivity contribution is 0.0250. The third kappa shape index (κ3) is 5.24. The highest BCUT2D eigenvalue weighted by Gasteiger charge is 2.27. The third-order valence-corrected chi connectivity index (χ3v) is 6.70. The molecule has 0 aromatic heterocycles. The van der Waals surface area contributed by atoms with Gasteiger partial charge in [0.2, 0.25) is 0 Å². The van der Waals surface area contributed by atoms with Crippen molar-refractivity contribution in [3.05, 3.63) is 29.8 Å². The van der Waals surface area contributed by atoms with Crippen molar-refractivity contribution in [1.82, 2.24) is 5.32 Å². The minimum atomic E-state index is -1.19. The summed E-state index contributed by atoms with van der Waals surface area (Å²) < 4.78 is 0. The van der Waals surface area contributed by atoms with Crippen LogP contribution in [0.2, 0.25) is 19.6 Å². The van der Waals surface area contributed by atoms with Gasteiger partial charge in [0.05, 0.1) is 13.7 Å². The fourth-order valence-corrected chi connectivity index (χ4v) is 4.29. The van der Waals surface area contributed by atoms with E-state index in [4.69, 9.17) is 0 Å². The Bertz CT molecular complexity index is 428. The predicted octanol–water partition coefficient (Wildman–Crippen LogP) is 3.41. The fourth-order valence-electron chi connectivity index (χ4n) is 3.13. The van der Waals surface area contributed by atoms with Crippen LogP contribution in [0.15, 0.2) is 24.3 Å². The van der Waals surface area contributed by atoms with Crippen molar-refractivity contribution in [3.63, 3.8) is 0 Å². The van der Waals surface area contributed by atoms with E-state index in [-0.39, 0.29) is 0 Å². The van der Waals surface area contributed by atoms with E-state index in [0.29, 0.717) is 0 Å². The van der Waals surface area contributed by atoms with Crippen LogP contribution in [0, 0.1) is 0 Å². The Morgan fingerprint density at radius 3 is 2.10 bits per heavy atom. The molecule has 2 rings (SSSR count). The first-order chi connectivity index (χ1) is 9.89. The minimum absolute atomic E-state index is 0.477. The largest absolute Gasteiger partial charge is 0.389 e. The average molecular weight is 306 g/mol. The van der Waals surface area contributed by atoms with Crippen molar-refractivity contribution in [2.24, 2.45) is 0 Å². The molecule has 1 aromatic carbocycles. The zero-order valence-corrected chi connectivity index (χ0v) is 14.9. The molecule has 2 nitrogen and oxygen atoms in total. The summed E-state index contributed by atoms with van der Waals surface area (Å²) in [6, 6.07) is 9.03. The van der Waals surface area contributed by atoms with E-state index in [1.807, 2.05) is 0 Å². The highest BCUT2D eigenvalue weighted by molar-refractivity contribution is 6.88. The molecule has 118 valence electrons. The molecule has 0 spiro atoms. The monoisotopic (exact) mass is 305 g/mol. The molecule has 0 aliphatic heterocycles. The molecule has 3 heteroatoms. The highest BCUT2D eigenvalue weighted by atomic mass is 28.3. The van der Waals surface area contributed by atoms with Gasteiger partial charge in [-0.25, -0.2) is 0 Å². The summed E-state index contributed by atoms with van der Waals surface area (Å²) in [5.74, 6) is 0. The number of rotatable bonds is 5. The van der Waals surface area contributed by atoms with Gasteiger partial charge < -0.3 is 10.4 Å². The molecule has 1 saturated carbocycles. The molecule has 0 radical (unpaired) electrons. The maximum Gasteiger partial charge on any atom is 0.0775 e. The van der Waals surface area contributed by atoms with E-state index in [2.05, 4.69) is 49.2 Å². The van der Waals surface area contributed by atoms with Gasteiger partial charge >= 0.3 is 0 Å². The molecule has 1 aromatic rings. The smallest absolute Gasteiger partial charge is 0.0775 e. The van der Waals surface area contributed by atoms with Gasteiger partial charge in [-0.05, 0) is 18.4 Å². The third-order valence-electron chi connectivity index (χ3n) is 4.64. The van der Waals surface area contributed by atoms with E-state index in [9.17, 15) is 5.11 Å². The molecule has 0 amide bonds. The van der Waals surface area contributed by atoms with Crippen LogP contribution < -0.4 is 10.5 Å². The Morgan fingerprint density at radius 1 is 1.00 bits per heavy atom. The van der Waals surface area contributed by atoms with Crippen LogP contribution in [-0.4, -0.2) is 25.3 Å². The van der Waals surface area contributed by atoms with Gasteiger partial charge in [0.15, 0.2) is 0 Å². The Kier molecular flexibility index (Phi) is 5.64. The Morgan fingerprint density at radius 2 is 1.57 bits per heavy atom. The highest BCUT2D eigenvalue weighted by Crippen LogP contribution is 2.26. The van der Waals surface area contributed by atoms with Crippen molar-refractivity contribution in [1.29, 1.82) is 0 Å². The van der Waals surface area contributed by atoms with Crippen molar-refractivity contribution < 1.29 is 5.11 Å². The fraction of sp³-hybridized carbons (Fsp3) is 0.667. The zero-order chi connectivity index (χ0) is 15.3.